The molecule has 6 nitrogen and oxygen atoms in total. The van der Waals surface area contributed by atoms with Gasteiger partial charge in [0.1, 0.15) is 11.4 Å². The zero-order valence-corrected chi connectivity index (χ0v) is 16.3. The van der Waals surface area contributed by atoms with E-state index < -0.39 is 0 Å². The van der Waals surface area contributed by atoms with E-state index in [1.165, 1.54) is 0 Å². The quantitative estimate of drug-likeness (QED) is 0.652. The number of aromatic nitrogens is 2. The molecule has 0 fully saturated rings. The zero-order valence-electron chi connectivity index (χ0n) is 16.3. The summed E-state index contributed by atoms with van der Waals surface area (Å²) in [6.07, 6.45) is 0.791. The molecule has 0 aliphatic rings. The van der Waals surface area contributed by atoms with Crippen molar-refractivity contribution in [3.63, 3.8) is 0 Å². The van der Waals surface area contributed by atoms with Crippen LogP contribution >= 0.6 is 0 Å². The maximum atomic E-state index is 12.5. The second kappa shape index (κ2) is 8.99. The fourth-order valence-electron chi connectivity index (χ4n) is 2.74. The summed E-state index contributed by atoms with van der Waals surface area (Å²) in [7, 11) is 1.65. The first-order valence-corrected chi connectivity index (χ1v) is 9.14. The van der Waals surface area contributed by atoms with E-state index in [4.69, 9.17) is 4.74 Å². The van der Waals surface area contributed by atoms with Crippen molar-refractivity contribution in [2.45, 2.75) is 20.3 Å². The predicted octanol–water partition coefficient (Wildman–Crippen LogP) is 4.01. The van der Waals surface area contributed by atoms with Crippen LogP contribution in [-0.2, 0) is 6.42 Å². The third kappa shape index (κ3) is 5.30. The average Bonchev–Trinajstić information content (AvgIpc) is 2.69. The largest absolute Gasteiger partial charge is 0.497 e. The molecule has 0 saturated heterocycles. The number of ether oxygens (including phenoxy) is 1. The molecule has 0 atom stereocenters. The van der Waals surface area contributed by atoms with E-state index in [9.17, 15) is 4.79 Å². The van der Waals surface area contributed by atoms with Crippen LogP contribution in [0, 0.1) is 13.8 Å². The number of hydrogen-bond donors (Lipinski definition) is 2. The summed E-state index contributed by atoms with van der Waals surface area (Å²) < 4.78 is 5.24. The monoisotopic (exact) mass is 376 g/mol. The molecule has 0 aliphatic carbocycles. The number of anilines is 2. The summed E-state index contributed by atoms with van der Waals surface area (Å²) in [6, 6.07) is 17.2. The molecule has 0 unspecified atom stereocenters. The second-order valence-corrected chi connectivity index (χ2v) is 6.57. The van der Waals surface area contributed by atoms with Crippen LogP contribution in [0.4, 0.5) is 11.6 Å². The summed E-state index contributed by atoms with van der Waals surface area (Å²) in [5.41, 5.74) is 4.08. The van der Waals surface area contributed by atoms with Crippen molar-refractivity contribution in [1.82, 2.24) is 9.97 Å². The lowest BCUT2D eigenvalue weighted by Gasteiger charge is -2.09. The van der Waals surface area contributed by atoms with Gasteiger partial charge in [-0.3, -0.25) is 4.79 Å². The molecule has 3 aromatic rings. The number of methoxy groups -OCH3 is 1. The molecule has 3 rings (SSSR count). The summed E-state index contributed by atoms with van der Waals surface area (Å²) in [4.78, 5) is 21.3. The Morgan fingerprint density at radius 2 is 1.82 bits per heavy atom. The molecule has 28 heavy (non-hydrogen) atoms. The van der Waals surface area contributed by atoms with E-state index in [2.05, 4.69) is 20.6 Å². The minimum atomic E-state index is -0.259. The molecule has 1 amide bonds. The third-order valence-corrected chi connectivity index (χ3v) is 4.23. The Morgan fingerprint density at radius 1 is 1.04 bits per heavy atom. The third-order valence-electron chi connectivity index (χ3n) is 4.23. The molecule has 144 valence electrons. The highest BCUT2D eigenvalue weighted by Gasteiger charge is 2.11. The Morgan fingerprint density at radius 3 is 2.57 bits per heavy atom. The number of carbonyl (C=O) groups is 1. The SMILES string of the molecule is COc1cccc(CCNc2nc(C)cc(C(=O)Nc3ccc(C)cc3)n2)c1. The van der Waals surface area contributed by atoms with Crippen molar-refractivity contribution in [3.05, 3.63) is 77.1 Å². The lowest BCUT2D eigenvalue weighted by atomic mass is 10.1. The summed E-state index contributed by atoms with van der Waals surface area (Å²) >= 11 is 0. The van der Waals surface area contributed by atoms with Gasteiger partial charge in [0.15, 0.2) is 0 Å². The lowest BCUT2D eigenvalue weighted by Crippen LogP contribution is -2.17. The standard InChI is InChI=1S/C22H24N4O2/c1-15-7-9-18(10-8-15)25-21(27)20-13-16(2)24-22(26-20)23-12-11-17-5-4-6-19(14-17)28-3/h4-10,13-14H,11-12H2,1-3H3,(H,25,27)(H,23,24,26). The lowest BCUT2D eigenvalue weighted by molar-refractivity contribution is 0.102. The number of nitrogens with zero attached hydrogens (tertiary/aromatic N) is 2. The minimum absolute atomic E-state index is 0.259. The minimum Gasteiger partial charge on any atom is -0.497 e. The molecule has 1 aromatic heterocycles. The number of carbonyl (C=O) groups excluding carboxylic acids is 1. The van der Waals surface area contributed by atoms with Crippen molar-refractivity contribution < 1.29 is 9.53 Å². The van der Waals surface area contributed by atoms with Gasteiger partial charge >= 0.3 is 0 Å². The fraction of sp³-hybridized carbons (Fsp3) is 0.227. The van der Waals surface area contributed by atoms with Crippen molar-refractivity contribution in [2.75, 3.05) is 24.3 Å². The van der Waals surface area contributed by atoms with Crippen LogP contribution in [0.5, 0.6) is 5.75 Å². The summed E-state index contributed by atoms with van der Waals surface area (Å²) in [5, 5.41) is 6.06. The van der Waals surface area contributed by atoms with Crippen molar-refractivity contribution >= 4 is 17.5 Å². The average molecular weight is 376 g/mol. The van der Waals surface area contributed by atoms with Crippen molar-refractivity contribution in [2.24, 2.45) is 0 Å². The van der Waals surface area contributed by atoms with Gasteiger partial charge < -0.3 is 15.4 Å². The smallest absolute Gasteiger partial charge is 0.274 e. The number of nitrogens with one attached hydrogen (secondary N) is 2. The van der Waals surface area contributed by atoms with E-state index >= 15 is 0 Å². The fourth-order valence-corrected chi connectivity index (χ4v) is 2.74. The number of hydrogen-bond acceptors (Lipinski definition) is 5. The van der Waals surface area contributed by atoms with Gasteiger partial charge in [-0.1, -0.05) is 29.8 Å². The van der Waals surface area contributed by atoms with Gasteiger partial charge in [-0.15, -0.1) is 0 Å². The molecule has 0 saturated carbocycles. The van der Waals surface area contributed by atoms with E-state index in [-0.39, 0.29) is 5.91 Å². The first kappa shape index (κ1) is 19.4. The number of aryl methyl sites for hydroxylation is 2. The molecule has 2 N–H and O–H groups in total. The Bertz CT molecular complexity index is 955. The van der Waals surface area contributed by atoms with E-state index in [0.717, 1.165) is 34.7 Å². The number of benzene rings is 2. The zero-order chi connectivity index (χ0) is 19.9. The Labute approximate surface area is 165 Å². The first-order valence-electron chi connectivity index (χ1n) is 9.14. The summed E-state index contributed by atoms with van der Waals surface area (Å²) in [5.74, 6) is 1.02. The van der Waals surface area contributed by atoms with Crippen LogP contribution < -0.4 is 15.4 Å². The van der Waals surface area contributed by atoms with Gasteiger partial charge in [-0.05, 0) is 56.2 Å². The van der Waals surface area contributed by atoms with E-state index in [1.807, 2.05) is 62.4 Å². The van der Waals surface area contributed by atoms with Crippen LogP contribution in [0.3, 0.4) is 0 Å². The van der Waals surface area contributed by atoms with E-state index in [0.29, 0.717) is 18.2 Å². The Kier molecular flexibility index (Phi) is 6.22. The molecule has 0 radical (unpaired) electrons. The van der Waals surface area contributed by atoms with Crippen LogP contribution in [0.1, 0.15) is 27.3 Å². The maximum Gasteiger partial charge on any atom is 0.274 e. The second-order valence-electron chi connectivity index (χ2n) is 6.57. The highest BCUT2D eigenvalue weighted by molar-refractivity contribution is 6.03. The van der Waals surface area contributed by atoms with Gasteiger partial charge in [-0.25, -0.2) is 9.97 Å². The first-order chi connectivity index (χ1) is 13.5. The number of amides is 1. The molecule has 2 aromatic carbocycles. The normalized spacial score (nSPS) is 10.4. The topological polar surface area (TPSA) is 76.1 Å². The molecule has 1 heterocycles. The van der Waals surface area contributed by atoms with E-state index in [1.54, 1.807) is 13.2 Å². The number of rotatable bonds is 7. The highest BCUT2D eigenvalue weighted by atomic mass is 16.5. The molecule has 0 aliphatic heterocycles. The Hall–Kier alpha value is -3.41. The van der Waals surface area contributed by atoms with Crippen LogP contribution in [-0.4, -0.2) is 29.5 Å². The van der Waals surface area contributed by atoms with Crippen LogP contribution in [0.2, 0.25) is 0 Å². The molecular formula is C22H24N4O2. The van der Waals surface area contributed by atoms with Gasteiger partial charge in [0.2, 0.25) is 5.95 Å². The summed E-state index contributed by atoms with van der Waals surface area (Å²) in [6.45, 7) is 4.50. The molecule has 6 heteroatoms. The van der Waals surface area contributed by atoms with Gasteiger partial charge in [0, 0.05) is 17.9 Å². The Balaban J connectivity index is 1.63. The van der Waals surface area contributed by atoms with Crippen LogP contribution in [0.25, 0.3) is 0 Å². The van der Waals surface area contributed by atoms with Gasteiger partial charge in [0.05, 0.1) is 7.11 Å². The van der Waals surface area contributed by atoms with Crippen LogP contribution in [0.15, 0.2) is 54.6 Å². The van der Waals surface area contributed by atoms with Crippen molar-refractivity contribution in [1.29, 1.82) is 0 Å². The highest BCUT2D eigenvalue weighted by Crippen LogP contribution is 2.14. The molecule has 0 spiro atoms. The van der Waals surface area contributed by atoms with Gasteiger partial charge in [-0.2, -0.15) is 0 Å². The molecule has 0 bridgehead atoms. The van der Waals surface area contributed by atoms with Crippen molar-refractivity contribution in [3.8, 4) is 5.75 Å². The maximum absolute atomic E-state index is 12.5. The van der Waals surface area contributed by atoms with Gasteiger partial charge in [0.25, 0.3) is 5.91 Å². The molecular weight excluding hydrogens is 352 g/mol. The predicted molar refractivity (Wildman–Crippen MR) is 111 cm³/mol.